The highest BCUT2D eigenvalue weighted by Gasteiger charge is 2.39. The molecule has 2 heterocycles. The van der Waals surface area contributed by atoms with Gasteiger partial charge in [0.25, 0.3) is 0 Å². The molecule has 1 aliphatic heterocycles. The maximum Gasteiger partial charge on any atom is 0.451 e. The fourth-order valence-corrected chi connectivity index (χ4v) is 2.09. The van der Waals surface area contributed by atoms with Crippen LogP contribution in [0.4, 0.5) is 19.0 Å². The van der Waals surface area contributed by atoms with Crippen LogP contribution in [0.25, 0.3) is 0 Å². The molecule has 3 N–H and O–H groups in total. The Labute approximate surface area is 124 Å². The highest BCUT2D eigenvalue weighted by atomic mass is 19.4. The van der Waals surface area contributed by atoms with Crippen molar-refractivity contribution in [3.8, 4) is 0 Å². The van der Waals surface area contributed by atoms with Crippen LogP contribution < -0.4 is 5.32 Å². The number of anilines is 1. The molecule has 0 spiro atoms. The number of hydrogen-bond donors (Lipinski definition) is 3. The number of nitrogens with one attached hydrogen (secondary N) is 1. The van der Waals surface area contributed by atoms with Crippen molar-refractivity contribution in [1.82, 2.24) is 9.97 Å². The molecule has 0 unspecified atom stereocenters. The van der Waals surface area contributed by atoms with Crippen molar-refractivity contribution in [3.63, 3.8) is 0 Å². The number of nitrogens with zero attached hydrogens (tertiary/aromatic N) is 2. The van der Waals surface area contributed by atoms with Crippen LogP contribution in [-0.2, 0) is 15.7 Å². The fraction of sp³-hybridized carbons (Fsp3) is 0.667. The van der Waals surface area contributed by atoms with Crippen LogP contribution in [0.1, 0.15) is 5.82 Å². The number of ether oxygens (including phenoxy) is 2. The topological polar surface area (TPSA) is 96.7 Å². The second kappa shape index (κ2) is 6.73. The zero-order valence-electron chi connectivity index (χ0n) is 11.6. The summed E-state index contributed by atoms with van der Waals surface area (Å²) < 4.78 is 47.8. The van der Waals surface area contributed by atoms with Crippen LogP contribution in [0, 0.1) is 0 Å². The molecule has 1 fully saturated rings. The average Bonchev–Trinajstić information content (AvgIpc) is 2.46. The lowest BCUT2D eigenvalue weighted by molar-refractivity contribution is -0.156. The Morgan fingerprint density at radius 1 is 1.41 bits per heavy atom. The van der Waals surface area contributed by atoms with Crippen molar-refractivity contribution in [2.24, 2.45) is 0 Å². The van der Waals surface area contributed by atoms with E-state index in [1.54, 1.807) is 0 Å². The van der Waals surface area contributed by atoms with E-state index in [-0.39, 0.29) is 19.0 Å². The molecule has 7 nitrogen and oxygen atoms in total. The van der Waals surface area contributed by atoms with Gasteiger partial charge in [-0.15, -0.1) is 0 Å². The first-order valence-corrected chi connectivity index (χ1v) is 6.46. The smallest absolute Gasteiger partial charge is 0.388 e. The Morgan fingerprint density at radius 3 is 2.77 bits per heavy atom. The number of aliphatic hydroxyl groups is 2. The summed E-state index contributed by atoms with van der Waals surface area (Å²) in [5, 5.41) is 22.5. The molecule has 4 atom stereocenters. The third-order valence-electron chi connectivity index (χ3n) is 3.21. The van der Waals surface area contributed by atoms with Gasteiger partial charge in [-0.3, -0.25) is 0 Å². The molecule has 124 valence electrons. The van der Waals surface area contributed by atoms with Crippen molar-refractivity contribution in [2.45, 2.75) is 30.5 Å². The first-order valence-electron chi connectivity index (χ1n) is 6.46. The monoisotopic (exact) mass is 323 g/mol. The predicted octanol–water partition coefficient (Wildman–Crippen LogP) is 0.0429. The third kappa shape index (κ3) is 3.83. The largest absolute Gasteiger partial charge is 0.451 e. The van der Waals surface area contributed by atoms with E-state index >= 15 is 0 Å². The third-order valence-corrected chi connectivity index (χ3v) is 3.21. The Balaban J connectivity index is 2.05. The lowest BCUT2D eigenvalue weighted by Crippen LogP contribution is -2.56. The lowest BCUT2D eigenvalue weighted by Gasteiger charge is -2.37. The van der Waals surface area contributed by atoms with E-state index in [0.29, 0.717) is 0 Å². The van der Waals surface area contributed by atoms with E-state index in [1.807, 2.05) is 0 Å². The standard InChI is InChI=1S/C12H16F3N3O4/c1-21-5-7-10(20)9(19)6(4-22-7)17-8-2-3-16-11(18-8)12(13,14)15/h2-3,6-7,9-10,19-20H,4-5H2,1H3,(H,16,17,18)/t6-,7+,9+,10-/m0/s1. The minimum absolute atomic E-state index is 0.0163. The number of hydrogen-bond acceptors (Lipinski definition) is 7. The molecule has 0 aliphatic carbocycles. The Bertz CT molecular complexity index is 503. The quantitative estimate of drug-likeness (QED) is 0.720. The summed E-state index contributed by atoms with van der Waals surface area (Å²) in [6.07, 6.45) is -6.87. The molecule has 2 rings (SSSR count). The molecule has 1 aromatic rings. The number of methoxy groups -OCH3 is 1. The molecule has 0 aromatic carbocycles. The lowest BCUT2D eigenvalue weighted by atomic mass is 9.98. The van der Waals surface area contributed by atoms with E-state index < -0.39 is 36.4 Å². The molecular weight excluding hydrogens is 307 g/mol. The van der Waals surface area contributed by atoms with Gasteiger partial charge >= 0.3 is 6.18 Å². The van der Waals surface area contributed by atoms with Gasteiger partial charge in [0.05, 0.1) is 19.3 Å². The van der Waals surface area contributed by atoms with Crippen LogP contribution in [0.2, 0.25) is 0 Å². The fourth-order valence-electron chi connectivity index (χ4n) is 2.09. The summed E-state index contributed by atoms with van der Waals surface area (Å²) >= 11 is 0. The van der Waals surface area contributed by atoms with Crippen LogP contribution in [0.15, 0.2) is 12.3 Å². The summed E-state index contributed by atoms with van der Waals surface area (Å²) in [5.74, 6) is -1.41. The van der Waals surface area contributed by atoms with Gasteiger partial charge in [-0.05, 0) is 6.07 Å². The van der Waals surface area contributed by atoms with Crippen LogP contribution >= 0.6 is 0 Å². The molecule has 0 bridgehead atoms. The summed E-state index contributed by atoms with van der Waals surface area (Å²) in [4.78, 5) is 6.47. The molecule has 0 saturated carbocycles. The highest BCUT2D eigenvalue weighted by molar-refractivity contribution is 5.35. The maximum absolute atomic E-state index is 12.5. The molecule has 0 amide bonds. The normalized spacial score (nSPS) is 29.4. The highest BCUT2D eigenvalue weighted by Crippen LogP contribution is 2.27. The summed E-state index contributed by atoms with van der Waals surface area (Å²) in [7, 11) is 1.42. The summed E-state index contributed by atoms with van der Waals surface area (Å²) in [6, 6.07) is 0.425. The first kappa shape index (κ1) is 16.9. The van der Waals surface area contributed by atoms with E-state index in [1.165, 1.54) is 13.2 Å². The molecular formula is C12H16F3N3O4. The van der Waals surface area contributed by atoms with Gasteiger partial charge in [0.15, 0.2) is 0 Å². The van der Waals surface area contributed by atoms with Crippen molar-refractivity contribution < 1.29 is 32.9 Å². The van der Waals surface area contributed by atoms with Crippen molar-refractivity contribution in [2.75, 3.05) is 25.6 Å². The van der Waals surface area contributed by atoms with Gasteiger partial charge in [-0.25, -0.2) is 9.97 Å². The van der Waals surface area contributed by atoms with Gasteiger partial charge in [-0.1, -0.05) is 0 Å². The number of halogens is 3. The number of alkyl halides is 3. The van der Waals surface area contributed by atoms with E-state index in [2.05, 4.69) is 15.3 Å². The van der Waals surface area contributed by atoms with Crippen LogP contribution in [0.5, 0.6) is 0 Å². The SMILES string of the molecule is COC[C@H]1OC[C@H](Nc2ccnc(C(F)(F)F)n2)[C@@H](O)[C@H]1O. The Kier molecular flexibility index (Phi) is 5.16. The Hall–Kier alpha value is -1.49. The Morgan fingerprint density at radius 2 is 2.14 bits per heavy atom. The molecule has 22 heavy (non-hydrogen) atoms. The van der Waals surface area contributed by atoms with Crippen LogP contribution in [-0.4, -0.2) is 64.9 Å². The second-order valence-corrected chi connectivity index (χ2v) is 4.82. The molecule has 1 saturated heterocycles. The van der Waals surface area contributed by atoms with Gasteiger partial charge in [0.2, 0.25) is 5.82 Å². The molecule has 1 aliphatic rings. The van der Waals surface area contributed by atoms with E-state index in [0.717, 1.165) is 6.20 Å². The number of aliphatic hydroxyl groups excluding tert-OH is 2. The molecule has 10 heteroatoms. The van der Waals surface area contributed by atoms with Gasteiger partial charge in [-0.2, -0.15) is 13.2 Å². The van der Waals surface area contributed by atoms with Crippen molar-refractivity contribution in [1.29, 1.82) is 0 Å². The van der Waals surface area contributed by atoms with E-state index in [9.17, 15) is 23.4 Å². The average molecular weight is 323 g/mol. The first-order chi connectivity index (χ1) is 10.3. The summed E-state index contributed by atoms with van der Waals surface area (Å²) in [6.45, 7) is 0.0777. The van der Waals surface area contributed by atoms with Crippen molar-refractivity contribution >= 4 is 5.82 Å². The maximum atomic E-state index is 12.5. The predicted molar refractivity (Wildman–Crippen MR) is 68.1 cm³/mol. The zero-order valence-corrected chi connectivity index (χ0v) is 11.6. The van der Waals surface area contributed by atoms with E-state index in [4.69, 9.17) is 9.47 Å². The number of rotatable bonds is 4. The van der Waals surface area contributed by atoms with Gasteiger partial charge < -0.3 is 25.0 Å². The molecule has 1 aromatic heterocycles. The van der Waals surface area contributed by atoms with Crippen LogP contribution in [0.3, 0.4) is 0 Å². The number of aromatic nitrogens is 2. The van der Waals surface area contributed by atoms with Gasteiger partial charge in [0, 0.05) is 13.3 Å². The van der Waals surface area contributed by atoms with Gasteiger partial charge in [0.1, 0.15) is 24.1 Å². The summed E-state index contributed by atoms with van der Waals surface area (Å²) in [5.41, 5.74) is 0. The second-order valence-electron chi connectivity index (χ2n) is 4.82. The molecule has 0 radical (unpaired) electrons. The minimum Gasteiger partial charge on any atom is -0.388 e. The van der Waals surface area contributed by atoms with Crippen molar-refractivity contribution in [3.05, 3.63) is 18.1 Å². The minimum atomic E-state index is -4.66. The zero-order chi connectivity index (χ0) is 16.3.